The molecule has 3 N–H and O–H groups in total. The fraction of sp³-hybridized carbons (Fsp3) is 0.875. The van der Waals surface area contributed by atoms with Crippen LogP contribution in [0.25, 0.3) is 0 Å². The average molecular weight is 183 g/mol. The fourth-order valence-electron chi connectivity index (χ4n) is 0.915. The van der Waals surface area contributed by atoms with E-state index in [-0.39, 0.29) is 29.6 Å². The van der Waals surface area contributed by atoms with Gasteiger partial charge in [0.15, 0.2) is 0 Å². The van der Waals surface area contributed by atoms with Crippen LogP contribution in [0.4, 0.5) is 0 Å². The summed E-state index contributed by atoms with van der Waals surface area (Å²) < 4.78 is 0. The summed E-state index contributed by atoms with van der Waals surface area (Å²) in [6.07, 6.45) is 4.97. The van der Waals surface area contributed by atoms with Crippen LogP contribution in [0.1, 0.15) is 39.0 Å². The summed E-state index contributed by atoms with van der Waals surface area (Å²) in [5.74, 6) is -0.888. The van der Waals surface area contributed by atoms with E-state index in [2.05, 4.69) is 6.92 Å². The quantitative estimate of drug-likeness (QED) is 0.471. The molecule has 68 valence electrons. The molecule has 0 spiro atoms. The molecule has 4 heteroatoms. The Hall–Kier alpha value is 0.430. The Bertz CT molecular complexity index is 120. The zero-order valence-corrected chi connectivity index (χ0v) is 7.05. The van der Waals surface area contributed by atoms with Gasteiger partial charge in [-0.05, 0) is 6.42 Å². The Morgan fingerprint density at radius 2 is 2.00 bits per heavy atom. The van der Waals surface area contributed by atoms with Crippen LogP contribution in [0.15, 0.2) is 0 Å². The molecule has 0 saturated carbocycles. The zero-order chi connectivity index (χ0) is 8.69. The summed E-state index contributed by atoms with van der Waals surface area (Å²) in [4.78, 5) is 10.2. The molecule has 0 radical (unpaired) electrons. The number of carboxylic acids is 1. The molecule has 0 amide bonds. The van der Waals surface area contributed by atoms with Crippen LogP contribution in [0.2, 0.25) is 0 Å². The minimum absolute atomic E-state index is 0. The van der Waals surface area contributed by atoms with Crippen molar-refractivity contribution in [1.29, 1.82) is 0 Å². The van der Waals surface area contributed by atoms with Crippen molar-refractivity contribution in [3.8, 4) is 0 Å². The Kier molecular flexibility index (Phi) is 11.8. The summed E-state index contributed by atoms with van der Waals surface area (Å²) in [6.45, 7) is 2.12. The van der Waals surface area contributed by atoms with E-state index < -0.39 is 12.0 Å². The van der Waals surface area contributed by atoms with Gasteiger partial charge in [-0.2, -0.15) is 0 Å². The third kappa shape index (κ3) is 8.53. The second-order valence-corrected chi connectivity index (χ2v) is 2.79. The maximum atomic E-state index is 10.2. The molecule has 0 aliphatic carbocycles. The fourth-order valence-corrected chi connectivity index (χ4v) is 0.915. The van der Waals surface area contributed by atoms with Crippen molar-refractivity contribution >= 4 is 35.5 Å². The van der Waals surface area contributed by atoms with E-state index >= 15 is 0 Å². The Labute approximate surface area is 96.0 Å². The van der Waals surface area contributed by atoms with Crippen molar-refractivity contribution in [3.05, 3.63) is 0 Å². The van der Waals surface area contributed by atoms with Crippen LogP contribution < -0.4 is 5.73 Å². The van der Waals surface area contributed by atoms with E-state index in [1.165, 1.54) is 12.8 Å². The summed E-state index contributed by atoms with van der Waals surface area (Å²) in [5.41, 5.74) is 5.30. The third-order valence-electron chi connectivity index (χ3n) is 1.69. The number of aliphatic carboxylic acids is 1. The van der Waals surface area contributed by atoms with Crippen molar-refractivity contribution < 1.29 is 9.90 Å². The molecule has 3 nitrogen and oxygen atoms in total. The van der Waals surface area contributed by atoms with Gasteiger partial charge in [-0.3, -0.25) is 4.79 Å². The van der Waals surface area contributed by atoms with Gasteiger partial charge in [0, 0.05) is 0 Å². The molecule has 1 unspecified atom stereocenters. The van der Waals surface area contributed by atoms with Gasteiger partial charge in [0.1, 0.15) is 6.04 Å². The molecule has 0 saturated heterocycles. The average Bonchev–Trinajstić information content (AvgIpc) is 1.97. The number of carbonyl (C=O) groups is 1. The van der Waals surface area contributed by atoms with Crippen LogP contribution in [0, 0.1) is 0 Å². The number of carboxylic acid groups (broad SMARTS) is 1. The molecule has 0 heterocycles. The van der Waals surface area contributed by atoms with E-state index in [0.29, 0.717) is 6.42 Å². The van der Waals surface area contributed by atoms with Crippen LogP contribution in [-0.4, -0.2) is 46.7 Å². The summed E-state index contributed by atoms with van der Waals surface area (Å²) in [7, 11) is 0. The first-order valence-electron chi connectivity index (χ1n) is 4.17. The summed E-state index contributed by atoms with van der Waals surface area (Å²) in [5, 5.41) is 8.41. The summed E-state index contributed by atoms with van der Waals surface area (Å²) in [6, 6.07) is -0.660. The molecule has 0 aliphatic heterocycles. The Morgan fingerprint density at radius 3 is 2.42 bits per heavy atom. The second kappa shape index (κ2) is 9.52. The van der Waals surface area contributed by atoms with Gasteiger partial charge in [0.05, 0.1) is 0 Å². The van der Waals surface area contributed by atoms with Gasteiger partial charge in [-0.15, -0.1) is 0 Å². The summed E-state index contributed by atoms with van der Waals surface area (Å²) >= 11 is 0. The number of hydrogen-bond acceptors (Lipinski definition) is 2. The molecule has 0 aromatic carbocycles. The SMILES string of the molecule is CCCCCCC(N)C(=O)O.[NaH]. The van der Waals surface area contributed by atoms with Crippen LogP contribution in [0.5, 0.6) is 0 Å². The van der Waals surface area contributed by atoms with Crippen LogP contribution in [0.3, 0.4) is 0 Å². The molecule has 0 rings (SSSR count). The second-order valence-electron chi connectivity index (χ2n) is 2.79. The van der Waals surface area contributed by atoms with E-state index in [1.807, 2.05) is 0 Å². The molecular weight excluding hydrogens is 165 g/mol. The number of nitrogens with two attached hydrogens (primary N) is 1. The van der Waals surface area contributed by atoms with Crippen LogP contribution >= 0.6 is 0 Å². The number of rotatable bonds is 6. The predicted molar refractivity (Wildman–Crippen MR) is 51.5 cm³/mol. The van der Waals surface area contributed by atoms with E-state index in [4.69, 9.17) is 10.8 Å². The molecular formula is C8H18NNaO2. The maximum absolute atomic E-state index is 10.2. The van der Waals surface area contributed by atoms with Gasteiger partial charge >= 0.3 is 35.5 Å². The van der Waals surface area contributed by atoms with Gasteiger partial charge in [-0.1, -0.05) is 32.6 Å². The van der Waals surface area contributed by atoms with Gasteiger partial charge < -0.3 is 10.8 Å². The van der Waals surface area contributed by atoms with Gasteiger partial charge in [0.25, 0.3) is 0 Å². The first-order chi connectivity index (χ1) is 5.18. The number of hydrogen-bond donors (Lipinski definition) is 2. The van der Waals surface area contributed by atoms with Crippen molar-refractivity contribution in [2.75, 3.05) is 0 Å². The zero-order valence-electron chi connectivity index (χ0n) is 7.05. The predicted octanol–water partition coefficient (Wildman–Crippen LogP) is 0.720. The topological polar surface area (TPSA) is 63.3 Å². The first-order valence-corrected chi connectivity index (χ1v) is 4.17. The van der Waals surface area contributed by atoms with Crippen molar-refractivity contribution in [1.82, 2.24) is 0 Å². The number of unbranched alkanes of at least 4 members (excludes halogenated alkanes) is 3. The van der Waals surface area contributed by atoms with Crippen molar-refractivity contribution in [2.45, 2.75) is 45.1 Å². The van der Waals surface area contributed by atoms with Gasteiger partial charge in [-0.25, -0.2) is 0 Å². The molecule has 0 fully saturated rings. The first kappa shape index (κ1) is 14.9. The minimum atomic E-state index is -0.888. The monoisotopic (exact) mass is 183 g/mol. The van der Waals surface area contributed by atoms with Gasteiger partial charge in [0.2, 0.25) is 0 Å². The molecule has 12 heavy (non-hydrogen) atoms. The molecule has 1 atom stereocenters. The third-order valence-corrected chi connectivity index (χ3v) is 1.69. The van der Waals surface area contributed by atoms with E-state index in [1.54, 1.807) is 0 Å². The molecule has 0 aliphatic rings. The molecule has 0 aromatic rings. The molecule has 0 aromatic heterocycles. The van der Waals surface area contributed by atoms with E-state index in [0.717, 1.165) is 12.8 Å². The van der Waals surface area contributed by atoms with Crippen molar-refractivity contribution in [2.24, 2.45) is 5.73 Å². The Balaban J connectivity index is 0. The standard InChI is InChI=1S/C8H17NO2.Na.H/c1-2-3-4-5-6-7(9)8(10)11;;/h7H,2-6,9H2,1H3,(H,10,11);;. The normalized spacial score (nSPS) is 11.8. The van der Waals surface area contributed by atoms with E-state index in [9.17, 15) is 4.79 Å². The van der Waals surface area contributed by atoms with Crippen molar-refractivity contribution in [3.63, 3.8) is 0 Å². The Morgan fingerprint density at radius 1 is 1.42 bits per heavy atom. The van der Waals surface area contributed by atoms with Crippen LogP contribution in [-0.2, 0) is 4.79 Å². The molecule has 0 bridgehead atoms.